The number of hydrogen-bond acceptors (Lipinski definition) is 13. The molecule has 2 fully saturated rings. The highest BCUT2D eigenvalue weighted by Crippen LogP contribution is 2.39. The smallest absolute Gasteiger partial charge is 0.262 e. The lowest BCUT2D eigenvalue weighted by Gasteiger charge is -2.50. The summed E-state index contributed by atoms with van der Waals surface area (Å²) in [6.07, 6.45) is -11.0. The fourth-order valence-electron chi connectivity index (χ4n) is 8.87. The fraction of sp³-hybridized carbons (Fsp3) is 0.309. The number of carbonyl (C=O) groups excluding carboxylic acids is 2. The summed E-state index contributed by atoms with van der Waals surface area (Å²) in [7, 11) is 1.56. The molecule has 0 unspecified atom stereocenters. The summed E-state index contributed by atoms with van der Waals surface area (Å²) < 4.78 is 58.9. The van der Waals surface area contributed by atoms with Crippen molar-refractivity contribution in [3.05, 3.63) is 203 Å². The molecule has 2 amide bonds. The molecule has 0 bridgehead atoms. The molecule has 69 heavy (non-hydrogen) atoms. The molecule has 3 heterocycles. The van der Waals surface area contributed by atoms with E-state index in [4.69, 9.17) is 42.6 Å². The van der Waals surface area contributed by atoms with Gasteiger partial charge < -0.3 is 52.8 Å². The first-order valence-electron chi connectivity index (χ1n) is 23.0. The lowest BCUT2D eigenvalue weighted by molar-refractivity contribution is -0.359. The summed E-state index contributed by atoms with van der Waals surface area (Å²) in [4.78, 5) is 30.4. The van der Waals surface area contributed by atoms with E-state index >= 15 is 0 Å². The van der Waals surface area contributed by atoms with Gasteiger partial charge in [-0.2, -0.15) is 0 Å². The van der Waals surface area contributed by atoms with Crippen molar-refractivity contribution in [2.45, 2.75) is 87.8 Å². The summed E-state index contributed by atoms with van der Waals surface area (Å²) in [6.45, 7) is -0.272. The van der Waals surface area contributed by atoms with Crippen molar-refractivity contribution in [1.29, 1.82) is 0 Å². The quantitative estimate of drug-likeness (QED) is 0.0762. The summed E-state index contributed by atoms with van der Waals surface area (Å²) >= 11 is 0. The third kappa shape index (κ3) is 11.3. The minimum absolute atomic E-state index is 0.00857. The van der Waals surface area contributed by atoms with Crippen LogP contribution in [-0.2, 0) is 59.6 Å². The minimum Gasteiger partial charge on any atom is -0.497 e. The molecule has 0 radical (unpaired) electrons. The van der Waals surface area contributed by atoms with Crippen LogP contribution >= 0.6 is 0 Å². The van der Waals surface area contributed by atoms with Gasteiger partial charge in [-0.05, 0) is 58.7 Å². The number of methoxy groups -OCH3 is 1. The number of amides is 2. The number of aliphatic hydroxyl groups excluding tert-OH is 2. The number of imide groups is 1. The highest BCUT2D eigenvalue weighted by atomic mass is 16.8. The van der Waals surface area contributed by atoms with Crippen LogP contribution < -0.4 is 9.47 Å². The molecular formula is C55H55NO13. The van der Waals surface area contributed by atoms with Crippen LogP contribution in [0.4, 0.5) is 0 Å². The van der Waals surface area contributed by atoms with E-state index in [1.54, 1.807) is 55.6 Å². The Morgan fingerprint density at radius 2 is 0.957 bits per heavy atom. The van der Waals surface area contributed by atoms with Gasteiger partial charge in [0.05, 0.1) is 57.9 Å². The van der Waals surface area contributed by atoms with E-state index in [2.05, 4.69) is 0 Å². The van der Waals surface area contributed by atoms with Crippen LogP contribution in [0, 0.1) is 0 Å². The molecule has 0 aromatic heterocycles. The number of ether oxygens (including phenoxy) is 9. The molecule has 3 aliphatic rings. The maximum atomic E-state index is 14.6. The van der Waals surface area contributed by atoms with Crippen LogP contribution in [0.1, 0.15) is 43.0 Å². The lowest BCUT2D eigenvalue weighted by Crippen LogP contribution is -2.69. The zero-order valence-electron chi connectivity index (χ0n) is 38.0. The van der Waals surface area contributed by atoms with E-state index in [-0.39, 0.29) is 44.2 Å². The van der Waals surface area contributed by atoms with Gasteiger partial charge in [0.1, 0.15) is 60.3 Å². The van der Waals surface area contributed by atoms with Gasteiger partial charge in [0.15, 0.2) is 6.29 Å². The first-order valence-corrected chi connectivity index (χ1v) is 23.0. The van der Waals surface area contributed by atoms with Crippen LogP contribution in [0.25, 0.3) is 0 Å². The van der Waals surface area contributed by atoms with Gasteiger partial charge in [-0.25, -0.2) is 0 Å². The highest BCUT2D eigenvalue weighted by Gasteiger charge is 2.58. The topological polar surface area (TPSA) is 161 Å². The zero-order chi connectivity index (χ0) is 47.5. The molecule has 6 aromatic rings. The van der Waals surface area contributed by atoms with Gasteiger partial charge >= 0.3 is 0 Å². The molecule has 14 heteroatoms. The van der Waals surface area contributed by atoms with Crippen molar-refractivity contribution < 1.29 is 62.4 Å². The van der Waals surface area contributed by atoms with E-state index in [1.165, 1.54) is 0 Å². The maximum absolute atomic E-state index is 14.6. The molecule has 9 rings (SSSR count). The van der Waals surface area contributed by atoms with Gasteiger partial charge in [0.2, 0.25) is 6.29 Å². The Labute approximate surface area is 400 Å². The second kappa shape index (κ2) is 22.9. The Kier molecular flexibility index (Phi) is 15.8. The normalized spacial score (nSPS) is 25.6. The summed E-state index contributed by atoms with van der Waals surface area (Å²) in [5.41, 5.74) is 3.77. The van der Waals surface area contributed by atoms with Gasteiger partial charge in [0.25, 0.3) is 11.8 Å². The Bertz CT molecular complexity index is 2520. The number of benzene rings is 6. The average molecular weight is 938 g/mol. The van der Waals surface area contributed by atoms with Crippen molar-refractivity contribution in [3.8, 4) is 11.5 Å². The standard InChI is InChI=1S/C55H55NO13/c1-61-40-26-28-41(29-27-40)66-54-46(56-52(59)42-24-14-15-25-43(42)53(56)60)50(64-33-38-20-10-4-11-21-38)49(45(68-54)35-62-31-36-16-6-2-7-17-36)69-55-51(65-34-39-22-12-5-13-23-39)47(58)48(44(30-57)67-55)63-32-37-18-8-3-9-19-37/h2-29,44-51,54-55,57-58H,30-35H2,1H3/t44-,45-,46-,47+,48+,49-,50-,51-,54-,55+/m1/s1. The molecule has 0 saturated carbocycles. The van der Waals surface area contributed by atoms with Gasteiger partial charge in [-0.15, -0.1) is 0 Å². The molecular weight excluding hydrogens is 883 g/mol. The van der Waals surface area contributed by atoms with Crippen LogP contribution in [0.3, 0.4) is 0 Å². The molecule has 10 atom stereocenters. The monoisotopic (exact) mass is 937 g/mol. The van der Waals surface area contributed by atoms with Crippen molar-refractivity contribution in [2.75, 3.05) is 20.3 Å². The number of fused-ring (bicyclic) bond motifs is 1. The average Bonchev–Trinajstić information content (AvgIpc) is 3.64. The molecule has 14 nitrogen and oxygen atoms in total. The second-order valence-electron chi connectivity index (χ2n) is 17.0. The molecule has 358 valence electrons. The largest absolute Gasteiger partial charge is 0.497 e. The van der Waals surface area contributed by atoms with E-state index in [0.717, 1.165) is 27.2 Å². The minimum atomic E-state index is -1.41. The Balaban J connectivity index is 1.12. The lowest BCUT2D eigenvalue weighted by atomic mass is 9.93. The predicted octanol–water partition coefficient (Wildman–Crippen LogP) is 6.90. The third-order valence-electron chi connectivity index (χ3n) is 12.4. The SMILES string of the molecule is COc1ccc(O[C@@H]2O[C@H](COCc3ccccc3)[C@@H](O[C@@H]3O[C@H](CO)[C@H](OCc4ccccc4)[C@H](O)[C@H]3OCc3ccccc3)[C@H](OCc3ccccc3)[C@H]2N2C(=O)c3ccccc3C2=O)cc1. The number of carbonyl (C=O) groups is 2. The third-order valence-corrected chi connectivity index (χ3v) is 12.4. The number of hydrogen-bond donors (Lipinski definition) is 2. The van der Waals surface area contributed by atoms with Crippen molar-refractivity contribution >= 4 is 11.8 Å². The fourth-order valence-corrected chi connectivity index (χ4v) is 8.87. The van der Waals surface area contributed by atoms with Crippen molar-refractivity contribution in [2.24, 2.45) is 0 Å². The van der Waals surface area contributed by atoms with Gasteiger partial charge in [-0.3, -0.25) is 14.5 Å². The van der Waals surface area contributed by atoms with E-state index in [1.807, 2.05) is 121 Å². The van der Waals surface area contributed by atoms with E-state index < -0.39 is 79.8 Å². The molecule has 6 aromatic carbocycles. The van der Waals surface area contributed by atoms with Crippen LogP contribution in [0.2, 0.25) is 0 Å². The Hall–Kier alpha value is -6.30. The molecule has 0 aliphatic carbocycles. The predicted molar refractivity (Wildman–Crippen MR) is 251 cm³/mol. The van der Waals surface area contributed by atoms with Gasteiger partial charge in [-0.1, -0.05) is 133 Å². The van der Waals surface area contributed by atoms with Crippen LogP contribution in [0.5, 0.6) is 11.5 Å². The summed E-state index contributed by atoms with van der Waals surface area (Å²) in [5.74, 6) is -0.217. The van der Waals surface area contributed by atoms with E-state index in [9.17, 15) is 19.8 Å². The maximum Gasteiger partial charge on any atom is 0.262 e. The highest BCUT2D eigenvalue weighted by molar-refractivity contribution is 6.21. The van der Waals surface area contributed by atoms with Crippen LogP contribution in [-0.4, -0.2) is 109 Å². The first-order chi connectivity index (χ1) is 33.9. The molecule has 0 spiro atoms. The zero-order valence-corrected chi connectivity index (χ0v) is 38.0. The second-order valence-corrected chi connectivity index (χ2v) is 17.0. The Morgan fingerprint density at radius 3 is 1.46 bits per heavy atom. The summed E-state index contributed by atoms with van der Waals surface area (Å²) in [6, 6.07) is 50.1. The molecule has 2 saturated heterocycles. The first kappa shape index (κ1) is 47.8. The Morgan fingerprint density at radius 1 is 0.507 bits per heavy atom. The van der Waals surface area contributed by atoms with Gasteiger partial charge in [0, 0.05) is 0 Å². The number of rotatable bonds is 20. The van der Waals surface area contributed by atoms with Crippen LogP contribution in [0.15, 0.2) is 170 Å². The van der Waals surface area contributed by atoms with Crippen molar-refractivity contribution in [1.82, 2.24) is 4.90 Å². The molecule has 3 aliphatic heterocycles. The van der Waals surface area contributed by atoms with Crippen molar-refractivity contribution in [3.63, 3.8) is 0 Å². The van der Waals surface area contributed by atoms with E-state index in [0.29, 0.717) is 11.5 Å². The number of aliphatic hydroxyl groups is 2. The summed E-state index contributed by atoms with van der Waals surface area (Å²) in [5, 5.41) is 23.2. The number of nitrogens with zero attached hydrogens (tertiary/aromatic N) is 1. The molecule has 2 N–H and O–H groups in total.